The molecule has 0 aliphatic carbocycles. The predicted molar refractivity (Wildman–Crippen MR) is 101 cm³/mol. The fourth-order valence-electron chi connectivity index (χ4n) is 2.81. The first kappa shape index (κ1) is 20.3. The number of amides is 1. The Labute approximate surface area is 155 Å². The highest BCUT2D eigenvalue weighted by Crippen LogP contribution is 2.23. The maximum absolute atomic E-state index is 12.1. The molecule has 144 valence electrons. The zero-order valence-corrected chi connectivity index (χ0v) is 16.2. The van der Waals surface area contributed by atoms with Gasteiger partial charge in [-0.1, -0.05) is 0 Å². The Bertz CT molecular complexity index is 731. The van der Waals surface area contributed by atoms with E-state index in [0.29, 0.717) is 37.4 Å². The molecular weight excluding hydrogens is 356 g/mol. The van der Waals surface area contributed by atoms with Gasteiger partial charge in [0.05, 0.1) is 20.0 Å². The topological polar surface area (TPSA) is 84.9 Å². The number of methoxy groups -OCH3 is 2. The maximum atomic E-state index is 12.1. The molecule has 1 amide bonds. The van der Waals surface area contributed by atoms with Crippen molar-refractivity contribution < 1.29 is 22.7 Å². The molecule has 1 aromatic carbocycles. The number of hydrogen-bond donors (Lipinski definition) is 1. The molecule has 1 aliphatic rings. The summed E-state index contributed by atoms with van der Waals surface area (Å²) < 4.78 is 35.6. The van der Waals surface area contributed by atoms with Crippen LogP contribution >= 0.6 is 0 Å². The number of carbonyl (C=O) groups is 1. The fraction of sp³-hybridized carbons (Fsp3) is 0.500. The van der Waals surface area contributed by atoms with Crippen molar-refractivity contribution >= 4 is 22.0 Å². The monoisotopic (exact) mass is 382 g/mol. The summed E-state index contributed by atoms with van der Waals surface area (Å²) in [5, 5.41) is 2.93. The molecular formula is C18H26N2O5S. The van der Waals surface area contributed by atoms with E-state index in [2.05, 4.69) is 5.32 Å². The zero-order valence-electron chi connectivity index (χ0n) is 15.4. The Hall–Kier alpha value is -2.06. The zero-order chi connectivity index (χ0) is 19.2. The number of nitrogens with one attached hydrogen (secondary N) is 1. The number of nitrogens with zero attached hydrogens (tertiary/aromatic N) is 1. The molecule has 0 bridgehead atoms. The van der Waals surface area contributed by atoms with Gasteiger partial charge >= 0.3 is 0 Å². The van der Waals surface area contributed by atoms with Gasteiger partial charge in [-0.3, -0.25) is 4.79 Å². The van der Waals surface area contributed by atoms with E-state index in [9.17, 15) is 13.2 Å². The second-order valence-corrected chi connectivity index (χ2v) is 8.32. The lowest BCUT2D eigenvalue weighted by molar-refractivity contribution is -0.117. The average Bonchev–Trinajstić information content (AvgIpc) is 2.66. The first-order chi connectivity index (χ1) is 12.4. The molecule has 1 heterocycles. The molecule has 1 N–H and O–H groups in total. The molecule has 7 nitrogen and oxygen atoms in total. The number of sulfonamides is 1. The van der Waals surface area contributed by atoms with Crippen molar-refractivity contribution in [2.75, 3.05) is 33.1 Å². The summed E-state index contributed by atoms with van der Waals surface area (Å²) in [5.41, 5.74) is 0.792. The Balaban J connectivity index is 1.91. The van der Waals surface area contributed by atoms with Gasteiger partial charge in [-0.15, -0.1) is 0 Å². The second kappa shape index (κ2) is 9.05. The first-order valence-electron chi connectivity index (χ1n) is 8.57. The predicted octanol–water partition coefficient (Wildman–Crippen LogP) is 1.65. The largest absolute Gasteiger partial charge is 0.497 e. The Morgan fingerprint density at radius 3 is 2.27 bits per heavy atom. The molecule has 8 heteroatoms. The molecule has 0 spiro atoms. The van der Waals surface area contributed by atoms with Gasteiger partial charge < -0.3 is 14.8 Å². The van der Waals surface area contributed by atoms with E-state index in [4.69, 9.17) is 9.47 Å². The van der Waals surface area contributed by atoms with Crippen molar-refractivity contribution in [1.82, 2.24) is 9.62 Å². The highest BCUT2D eigenvalue weighted by atomic mass is 32.2. The van der Waals surface area contributed by atoms with Crippen molar-refractivity contribution in [3.05, 3.63) is 29.8 Å². The normalized spacial score (nSPS) is 16.6. The van der Waals surface area contributed by atoms with E-state index in [1.165, 1.54) is 10.4 Å². The van der Waals surface area contributed by atoms with Gasteiger partial charge in [0.25, 0.3) is 0 Å². The first-order valence-corrected chi connectivity index (χ1v) is 10.2. The quantitative estimate of drug-likeness (QED) is 0.725. The van der Waals surface area contributed by atoms with E-state index in [-0.39, 0.29) is 17.7 Å². The van der Waals surface area contributed by atoms with E-state index < -0.39 is 10.0 Å². The van der Waals surface area contributed by atoms with Gasteiger partial charge in [-0.2, -0.15) is 0 Å². The van der Waals surface area contributed by atoms with Crippen molar-refractivity contribution in [3.63, 3.8) is 0 Å². The van der Waals surface area contributed by atoms with Crippen LogP contribution in [0.25, 0.3) is 6.08 Å². The summed E-state index contributed by atoms with van der Waals surface area (Å²) in [7, 11) is -0.0107. The van der Waals surface area contributed by atoms with E-state index in [0.717, 1.165) is 5.56 Å². The Morgan fingerprint density at radius 2 is 1.77 bits per heavy atom. The highest BCUT2D eigenvalue weighted by molar-refractivity contribution is 7.89. The van der Waals surface area contributed by atoms with Crippen LogP contribution in [0, 0.1) is 0 Å². The molecule has 0 aromatic heterocycles. The van der Waals surface area contributed by atoms with Crippen LogP contribution in [0.4, 0.5) is 0 Å². The van der Waals surface area contributed by atoms with Gasteiger partial charge in [-0.05, 0) is 43.5 Å². The summed E-state index contributed by atoms with van der Waals surface area (Å²) in [4.78, 5) is 12.1. The number of piperidine rings is 1. The van der Waals surface area contributed by atoms with Crippen molar-refractivity contribution in [1.29, 1.82) is 0 Å². The van der Waals surface area contributed by atoms with E-state index in [1.54, 1.807) is 45.4 Å². The summed E-state index contributed by atoms with van der Waals surface area (Å²) in [5.74, 6) is 1.20. The van der Waals surface area contributed by atoms with E-state index in [1.807, 2.05) is 0 Å². The second-order valence-electron chi connectivity index (χ2n) is 6.06. The molecule has 26 heavy (non-hydrogen) atoms. The van der Waals surface area contributed by atoms with Crippen molar-refractivity contribution in [2.45, 2.75) is 25.8 Å². The van der Waals surface area contributed by atoms with Gasteiger partial charge in [0.2, 0.25) is 15.9 Å². The third kappa shape index (κ3) is 5.47. The molecule has 1 aliphatic heterocycles. The molecule has 1 aromatic rings. The minimum Gasteiger partial charge on any atom is -0.497 e. The van der Waals surface area contributed by atoms with Crippen LogP contribution in [0.2, 0.25) is 0 Å². The fourth-order valence-corrected chi connectivity index (χ4v) is 3.94. The maximum Gasteiger partial charge on any atom is 0.244 e. The summed E-state index contributed by atoms with van der Waals surface area (Å²) in [6.07, 6.45) is 4.39. The van der Waals surface area contributed by atoms with Crippen LogP contribution < -0.4 is 14.8 Å². The van der Waals surface area contributed by atoms with Crippen LogP contribution in [-0.4, -0.2) is 57.7 Å². The number of rotatable bonds is 7. The minimum atomic E-state index is -3.15. The molecule has 0 atom stereocenters. The molecule has 0 unspecified atom stereocenters. The Kier molecular flexibility index (Phi) is 7.05. The minimum absolute atomic E-state index is 0.0182. The van der Waals surface area contributed by atoms with Crippen LogP contribution in [-0.2, 0) is 14.8 Å². The van der Waals surface area contributed by atoms with Gasteiger partial charge in [0, 0.05) is 31.3 Å². The molecule has 0 saturated carbocycles. The molecule has 1 fully saturated rings. The number of carbonyl (C=O) groups excluding carboxylic acids is 1. The third-order valence-electron chi connectivity index (χ3n) is 4.36. The molecule has 1 saturated heterocycles. The SMILES string of the molecule is CCS(=O)(=O)N1CCC(NC(=O)/C=C/c2cc(OC)cc(OC)c2)CC1. The number of ether oxygens (including phenoxy) is 2. The lowest BCUT2D eigenvalue weighted by atomic mass is 10.1. The molecule has 0 radical (unpaired) electrons. The Morgan fingerprint density at radius 1 is 1.19 bits per heavy atom. The van der Waals surface area contributed by atoms with Crippen molar-refractivity contribution in [2.24, 2.45) is 0 Å². The number of benzene rings is 1. The summed E-state index contributed by atoms with van der Waals surface area (Å²) in [6, 6.07) is 5.35. The summed E-state index contributed by atoms with van der Waals surface area (Å²) >= 11 is 0. The third-order valence-corrected chi connectivity index (χ3v) is 6.24. The number of hydrogen-bond acceptors (Lipinski definition) is 5. The van der Waals surface area contributed by atoms with Crippen LogP contribution in [0.15, 0.2) is 24.3 Å². The average molecular weight is 382 g/mol. The van der Waals surface area contributed by atoms with Gasteiger partial charge in [-0.25, -0.2) is 12.7 Å². The summed E-state index contributed by atoms with van der Waals surface area (Å²) in [6.45, 7) is 2.53. The van der Waals surface area contributed by atoms with Crippen molar-refractivity contribution in [3.8, 4) is 11.5 Å². The lowest BCUT2D eigenvalue weighted by Gasteiger charge is -2.31. The molecule has 2 rings (SSSR count). The smallest absolute Gasteiger partial charge is 0.244 e. The van der Waals surface area contributed by atoms with Crippen LogP contribution in [0.3, 0.4) is 0 Å². The standard InChI is InChI=1S/C18H26N2O5S/c1-4-26(22,23)20-9-7-15(8-10-20)19-18(21)6-5-14-11-16(24-2)13-17(12-14)25-3/h5-6,11-13,15H,4,7-10H2,1-3H3,(H,19,21)/b6-5+. The van der Waals surface area contributed by atoms with Gasteiger partial charge in [0.15, 0.2) is 0 Å². The lowest BCUT2D eigenvalue weighted by Crippen LogP contribution is -2.46. The van der Waals surface area contributed by atoms with Crippen LogP contribution in [0.5, 0.6) is 11.5 Å². The van der Waals surface area contributed by atoms with E-state index >= 15 is 0 Å². The van der Waals surface area contributed by atoms with Gasteiger partial charge in [0.1, 0.15) is 11.5 Å². The highest BCUT2D eigenvalue weighted by Gasteiger charge is 2.26. The van der Waals surface area contributed by atoms with Crippen LogP contribution in [0.1, 0.15) is 25.3 Å².